The number of fused-ring (bicyclic) bond motifs is 2. The van der Waals surface area contributed by atoms with Gasteiger partial charge in [0.2, 0.25) is 0 Å². The zero-order valence-corrected chi connectivity index (χ0v) is 22.2. The predicted molar refractivity (Wildman–Crippen MR) is 149 cm³/mol. The second-order valence-corrected chi connectivity index (χ2v) is 10.4. The van der Waals surface area contributed by atoms with E-state index in [1.54, 1.807) is 10.8 Å². The largest absolute Gasteiger partial charge is 0.457 e. The summed E-state index contributed by atoms with van der Waals surface area (Å²) in [4.78, 5) is 11.3. The van der Waals surface area contributed by atoms with Crippen molar-refractivity contribution in [3.05, 3.63) is 78.7 Å². The maximum Gasteiger partial charge on any atom is 0.160 e. The molecule has 0 atom stereocenters. The van der Waals surface area contributed by atoms with Crippen LogP contribution in [0.25, 0.3) is 11.2 Å². The van der Waals surface area contributed by atoms with Crippen LogP contribution in [-0.2, 0) is 0 Å². The average molecular weight is 509 g/mol. The van der Waals surface area contributed by atoms with Crippen molar-refractivity contribution in [2.75, 3.05) is 23.3 Å². The van der Waals surface area contributed by atoms with Gasteiger partial charge in [-0.05, 0) is 69.5 Å². The summed E-state index contributed by atoms with van der Waals surface area (Å²) in [6, 6.07) is 11.9. The van der Waals surface area contributed by atoms with Gasteiger partial charge in [-0.2, -0.15) is 10.2 Å². The summed E-state index contributed by atoms with van der Waals surface area (Å²) in [6.45, 7) is 10.8. The van der Waals surface area contributed by atoms with E-state index in [9.17, 15) is 0 Å². The first kappa shape index (κ1) is 24.0. The highest BCUT2D eigenvalue weighted by molar-refractivity contribution is 5.87. The monoisotopic (exact) mass is 508 g/mol. The summed E-state index contributed by atoms with van der Waals surface area (Å²) in [5.41, 5.74) is 6.55. The number of hydrogen-bond donors (Lipinski definition) is 1. The molecule has 0 unspecified atom stereocenters. The molecule has 9 nitrogen and oxygen atoms in total. The molecule has 1 fully saturated rings. The van der Waals surface area contributed by atoms with Gasteiger partial charge in [-0.3, -0.25) is 0 Å². The number of benzene rings is 1. The third-order valence-electron chi connectivity index (χ3n) is 7.44. The Hall–Kier alpha value is -4.40. The molecule has 0 aliphatic carbocycles. The summed E-state index contributed by atoms with van der Waals surface area (Å²) in [5.74, 6) is 2.28. The van der Waals surface area contributed by atoms with Gasteiger partial charge >= 0.3 is 0 Å². The SMILES string of the molecule is CCC1(CC=C(C)C)CN(c2ccn3ncnc(Nc4ccc(Oc5ccn6ncnc6c5)c(C)c4)c23)C1. The van der Waals surface area contributed by atoms with Gasteiger partial charge in [0.25, 0.3) is 0 Å². The predicted octanol–water partition coefficient (Wildman–Crippen LogP) is 6.19. The van der Waals surface area contributed by atoms with Gasteiger partial charge in [-0.15, -0.1) is 0 Å². The van der Waals surface area contributed by atoms with Crippen LogP contribution in [0.5, 0.6) is 11.5 Å². The standard InChI is InChI=1S/C29H32N8O/c1-5-29(11-8-20(2)3)16-35(17-29)24-10-13-37-27(24)28(31-19-33-37)34-22-6-7-25(21(4)14-22)38-23-9-12-36-26(15-23)30-18-32-36/h6-10,12-15,18-19H,5,11,16-17H2,1-4H3,(H,31,33,34). The number of hydrogen-bond acceptors (Lipinski definition) is 7. The molecule has 38 heavy (non-hydrogen) atoms. The van der Waals surface area contributed by atoms with Crippen LogP contribution in [-0.4, -0.2) is 42.3 Å². The molecule has 0 saturated carbocycles. The zero-order chi connectivity index (χ0) is 26.3. The van der Waals surface area contributed by atoms with Crippen LogP contribution in [0.4, 0.5) is 17.2 Å². The zero-order valence-electron chi connectivity index (χ0n) is 22.2. The Balaban J connectivity index is 1.22. The van der Waals surface area contributed by atoms with Gasteiger partial charge in [0.1, 0.15) is 29.7 Å². The normalized spacial score (nSPS) is 14.5. The maximum absolute atomic E-state index is 6.14. The summed E-state index contributed by atoms with van der Waals surface area (Å²) in [7, 11) is 0. The van der Waals surface area contributed by atoms with E-state index >= 15 is 0 Å². The summed E-state index contributed by atoms with van der Waals surface area (Å²) < 4.78 is 9.74. The molecule has 1 aromatic carbocycles. The molecule has 9 heteroatoms. The fourth-order valence-electron chi connectivity index (χ4n) is 5.10. The van der Waals surface area contributed by atoms with Gasteiger partial charge in [0.05, 0.1) is 5.69 Å². The summed E-state index contributed by atoms with van der Waals surface area (Å²) >= 11 is 0. The lowest BCUT2D eigenvalue weighted by atomic mass is 9.74. The molecule has 0 radical (unpaired) electrons. The smallest absolute Gasteiger partial charge is 0.160 e. The van der Waals surface area contributed by atoms with Crippen LogP contribution < -0.4 is 15.0 Å². The van der Waals surface area contributed by atoms with Gasteiger partial charge in [0.15, 0.2) is 11.5 Å². The highest BCUT2D eigenvalue weighted by Gasteiger charge is 2.41. The maximum atomic E-state index is 6.14. The first-order chi connectivity index (χ1) is 18.4. The van der Waals surface area contributed by atoms with Crippen molar-refractivity contribution >= 4 is 28.4 Å². The topological polar surface area (TPSA) is 84.9 Å². The van der Waals surface area contributed by atoms with E-state index in [4.69, 9.17) is 4.74 Å². The Labute approximate surface area is 221 Å². The number of aryl methyl sites for hydroxylation is 1. The molecular formula is C29H32N8O. The highest BCUT2D eigenvalue weighted by atomic mass is 16.5. The Bertz CT molecular complexity index is 1640. The molecule has 0 spiro atoms. The van der Waals surface area contributed by atoms with E-state index in [0.29, 0.717) is 11.2 Å². The van der Waals surface area contributed by atoms with E-state index in [-0.39, 0.29) is 0 Å². The fourth-order valence-corrected chi connectivity index (χ4v) is 5.10. The van der Waals surface area contributed by atoms with Gasteiger partial charge in [-0.25, -0.2) is 19.0 Å². The molecule has 0 amide bonds. The van der Waals surface area contributed by atoms with Crippen molar-refractivity contribution in [3.8, 4) is 11.5 Å². The highest BCUT2D eigenvalue weighted by Crippen LogP contribution is 2.43. The lowest BCUT2D eigenvalue weighted by Crippen LogP contribution is -2.56. The average Bonchev–Trinajstić information content (AvgIpc) is 3.53. The molecule has 4 aromatic heterocycles. The Morgan fingerprint density at radius 2 is 1.82 bits per heavy atom. The fraction of sp³-hybridized carbons (Fsp3) is 0.310. The third-order valence-corrected chi connectivity index (χ3v) is 7.44. The number of rotatable bonds is 8. The minimum Gasteiger partial charge on any atom is -0.457 e. The quantitative estimate of drug-likeness (QED) is 0.250. The first-order valence-corrected chi connectivity index (χ1v) is 13.0. The first-order valence-electron chi connectivity index (χ1n) is 13.0. The van der Waals surface area contributed by atoms with E-state index in [2.05, 4.69) is 69.4 Å². The molecule has 1 aliphatic heterocycles. The van der Waals surface area contributed by atoms with Crippen molar-refractivity contribution in [2.24, 2.45) is 5.41 Å². The summed E-state index contributed by atoms with van der Waals surface area (Å²) in [5, 5.41) is 12.1. The van der Waals surface area contributed by atoms with Crippen molar-refractivity contribution in [1.82, 2.24) is 29.2 Å². The number of allylic oxidation sites excluding steroid dienone is 2. The van der Waals surface area contributed by atoms with Crippen LogP contribution in [0.3, 0.4) is 0 Å². The van der Waals surface area contributed by atoms with E-state index < -0.39 is 0 Å². The number of nitrogens with zero attached hydrogens (tertiary/aromatic N) is 7. The number of nitrogens with one attached hydrogen (secondary N) is 1. The second-order valence-electron chi connectivity index (χ2n) is 10.4. The third kappa shape index (κ3) is 4.44. The van der Waals surface area contributed by atoms with E-state index in [1.807, 2.05) is 48.1 Å². The van der Waals surface area contributed by atoms with E-state index in [0.717, 1.165) is 59.2 Å². The van der Waals surface area contributed by atoms with Crippen molar-refractivity contribution in [2.45, 2.75) is 40.5 Å². The molecule has 1 N–H and O–H groups in total. The molecule has 5 aromatic rings. The van der Waals surface area contributed by atoms with Crippen LogP contribution in [0.15, 0.2) is 73.1 Å². The minimum absolute atomic E-state index is 0.334. The second kappa shape index (κ2) is 9.48. The van der Waals surface area contributed by atoms with Gasteiger partial charge in [0, 0.05) is 42.7 Å². The van der Waals surface area contributed by atoms with Crippen LogP contribution in [0.1, 0.15) is 39.2 Å². The lowest BCUT2D eigenvalue weighted by Gasteiger charge is -2.51. The Morgan fingerprint density at radius 1 is 1.03 bits per heavy atom. The minimum atomic E-state index is 0.334. The molecule has 0 bridgehead atoms. The number of pyridine rings is 1. The van der Waals surface area contributed by atoms with E-state index in [1.165, 1.54) is 18.3 Å². The molecular weight excluding hydrogens is 476 g/mol. The number of aromatic nitrogens is 6. The van der Waals surface area contributed by atoms with Gasteiger partial charge in [-0.1, -0.05) is 18.6 Å². The van der Waals surface area contributed by atoms with Crippen molar-refractivity contribution < 1.29 is 4.74 Å². The lowest BCUT2D eigenvalue weighted by molar-refractivity contribution is 0.206. The number of anilines is 3. The molecule has 1 saturated heterocycles. The Morgan fingerprint density at radius 3 is 2.61 bits per heavy atom. The molecule has 5 heterocycles. The van der Waals surface area contributed by atoms with Gasteiger partial charge < -0.3 is 15.0 Å². The van der Waals surface area contributed by atoms with Crippen LogP contribution in [0.2, 0.25) is 0 Å². The van der Waals surface area contributed by atoms with Crippen molar-refractivity contribution in [1.29, 1.82) is 0 Å². The number of ether oxygens (including phenoxy) is 1. The van der Waals surface area contributed by atoms with Crippen LogP contribution in [0, 0.1) is 12.3 Å². The van der Waals surface area contributed by atoms with Crippen molar-refractivity contribution in [3.63, 3.8) is 0 Å². The van der Waals surface area contributed by atoms with Crippen LogP contribution >= 0.6 is 0 Å². The molecule has 1 aliphatic rings. The molecule has 194 valence electrons. The summed E-state index contributed by atoms with van der Waals surface area (Å²) in [6.07, 6.45) is 11.6. The molecule has 6 rings (SSSR count). The Kier molecular flexibility index (Phi) is 5.98.